The molecule has 3 rings (SSSR count). The Morgan fingerprint density at radius 3 is 2.07 bits per heavy atom. The van der Waals surface area contributed by atoms with Gasteiger partial charge in [0.25, 0.3) is 5.56 Å². The number of hydrogen-bond acceptors (Lipinski definition) is 5. The fraction of sp³-hybridized carbons (Fsp3) is 0.105. The molecule has 0 bridgehead atoms. The van der Waals surface area contributed by atoms with Gasteiger partial charge in [-0.05, 0) is 37.3 Å². The number of nitrogens with zero attached hydrogens (tertiary/aromatic N) is 2. The lowest BCUT2D eigenvalue weighted by atomic mass is 10.1. The summed E-state index contributed by atoms with van der Waals surface area (Å²) in [5.41, 5.74) is 6.85. The number of benzene rings is 2. The van der Waals surface area contributed by atoms with Crippen LogP contribution in [-0.4, -0.2) is 36.6 Å². The van der Waals surface area contributed by atoms with Crippen LogP contribution in [-0.2, 0) is 7.05 Å². The van der Waals surface area contributed by atoms with Crippen LogP contribution in [0.25, 0.3) is 5.69 Å². The van der Waals surface area contributed by atoms with E-state index < -0.39 is 23.3 Å². The average Bonchev–Trinajstić information content (AvgIpc) is 2.86. The van der Waals surface area contributed by atoms with Gasteiger partial charge >= 0.3 is 11.9 Å². The van der Waals surface area contributed by atoms with Crippen molar-refractivity contribution in [1.29, 1.82) is 0 Å². The van der Waals surface area contributed by atoms with Crippen LogP contribution >= 0.6 is 0 Å². The standard InChI is InChI=1S/C11H13N3O.C8H6O5/c1-8-10(12)11(15)14(13(8)2)9-6-4-3-5-7-9;9-6-2-1-4(7(10)11)3-5(6)8(12)13/h3-7H,12H2,1-2H3;1-3,9H,(H,10,11)(H,12,13). The largest absolute Gasteiger partial charge is 0.507 e. The molecule has 5 N–H and O–H groups in total. The maximum Gasteiger partial charge on any atom is 0.339 e. The molecular formula is C19H19N3O6. The lowest BCUT2D eigenvalue weighted by Gasteiger charge is -2.07. The lowest BCUT2D eigenvalue weighted by molar-refractivity contribution is 0.0693. The molecule has 0 aliphatic heterocycles. The number of hydrogen-bond donors (Lipinski definition) is 4. The monoisotopic (exact) mass is 385 g/mol. The number of anilines is 1. The highest BCUT2D eigenvalue weighted by Gasteiger charge is 2.13. The van der Waals surface area contributed by atoms with Crippen molar-refractivity contribution in [3.8, 4) is 11.4 Å². The van der Waals surface area contributed by atoms with Crippen molar-refractivity contribution < 1.29 is 24.9 Å². The van der Waals surface area contributed by atoms with E-state index in [0.717, 1.165) is 29.6 Å². The van der Waals surface area contributed by atoms with Crippen LogP contribution < -0.4 is 11.3 Å². The Hall–Kier alpha value is -4.01. The fourth-order valence-electron chi connectivity index (χ4n) is 2.43. The number of carbonyl (C=O) groups is 2. The number of carboxylic acids is 2. The Bertz CT molecular complexity index is 1080. The first-order valence-electron chi connectivity index (χ1n) is 8.04. The number of aromatic hydroxyl groups is 1. The zero-order valence-electron chi connectivity index (χ0n) is 15.2. The van der Waals surface area contributed by atoms with Crippen molar-refractivity contribution in [3.05, 3.63) is 75.7 Å². The Morgan fingerprint density at radius 2 is 1.61 bits per heavy atom. The molecule has 0 spiro atoms. The number of aromatic nitrogens is 2. The fourth-order valence-corrected chi connectivity index (χ4v) is 2.43. The third-order valence-corrected chi connectivity index (χ3v) is 4.07. The average molecular weight is 385 g/mol. The molecule has 0 aliphatic carbocycles. The number of nitrogen functional groups attached to an aromatic ring is 1. The lowest BCUT2D eigenvalue weighted by Crippen LogP contribution is -2.20. The Kier molecular flexibility index (Phi) is 5.89. The third kappa shape index (κ3) is 4.04. The van der Waals surface area contributed by atoms with Gasteiger partial charge in [-0.15, -0.1) is 0 Å². The minimum atomic E-state index is -1.36. The van der Waals surface area contributed by atoms with E-state index in [2.05, 4.69) is 0 Å². The van der Waals surface area contributed by atoms with Gasteiger partial charge in [0, 0.05) is 7.05 Å². The van der Waals surface area contributed by atoms with Crippen LogP contribution in [0, 0.1) is 6.92 Å². The first kappa shape index (κ1) is 20.3. The number of aromatic carboxylic acids is 2. The number of rotatable bonds is 3. The van der Waals surface area contributed by atoms with Crippen LogP contribution in [0.3, 0.4) is 0 Å². The molecule has 0 fully saturated rings. The summed E-state index contributed by atoms with van der Waals surface area (Å²) < 4.78 is 3.32. The van der Waals surface area contributed by atoms with E-state index in [1.54, 1.807) is 9.36 Å². The predicted molar refractivity (Wildman–Crippen MR) is 102 cm³/mol. The summed E-state index contributed by atoms with van der Waals surface area (Å²) in [7, 11) is 1.82. The van der Waals surface area contributed by atoms with Crippen LogP contribution in [0.5, 0.6) is 5.75 Å². The van der Waals surface area contributed by atoms with Crippen LogP contribution in [0.1, 0.15) is 26.4 Å². The van der Waals surface area contributed by atoms with E-state index in [1.165, 1.54) is 0 Å². The quantitative estimate of drug-likeness (QED) is 0.538. The first-order valence-corrected chi connectivity index (χ1v) is 8.04. The van der Waals surface area contributed by atoms with Gasteiger partial charge in [0.15, 0.2) is 0 Å². The molecule has 0 saturated heterocycles. The van der Waals surface area contributed by atoms with Gasteiger partial charge in [-0.3, -0.25) is 9.48 Å². The molecule has 1 aromatic heterocycles. The normalized spacial score (nSPS) is 10.1. The molecule has 0 atom stereocenters. The van der Waals surface area contributed by atoms with E-state index in [-0.39, 0.29) is 11.1 Å². The summed E-state index contributed by atoms with van der Waals surface area (Å²) in [6.45, 7) is 1.83. The van der Waals surface area contributed by atoms with Gasteiger partial charge in [-0.2, -0.15) is 0 Å². The Morgan fingerprint density at radius 1 is 1.00 bits per heavy atom. The van der Waals surface area contributed by atoms with Gasteiger partial charge in [0.1, 0.15) is 17.0 Å². The molecule has 0 radical (unpaired) electrons. The minimum absolute atomic E-state index is 0.166. The van der Waals surface area contributed by atoms with Crippen LogP contribution in [0.15, 0.2) is 53.3 Å². The second-order valence-corrected chi connectivity index (χ2v) is 5.82. The zero-order valence-corrected chi connectivity index (χ0v) is 15.2. The summed E-state index contributed by atoms with van der Waals surface area (Å²) in [5.74, 6) is -3.04. The maximum atomic E-state index is 11.8. The van der Waals surface area contributed by atoms with Gasteiger partial charge in [0.05, 0.1) is 16.9 Å². The van der Waals surface area contributed by atoms with Crippen molar-refractivity contribution >= 4 is 17.6 Å². The zero-order chi connectivity index (χ0) is 21.0. The van der Waals surface area contributed by atoms with E-state index in [9.17, 15) is 14.4 Å². The third-order valence-electron chi connectivity index (χ3n) is 4.07. The minimum Gasteiger partial charge on any atom is -0.507 e. The summed E-state index contributed by atoms with van der Waals surface area (Å²) in [5, 5.41) is 26.0. The molecule has 146 valence electrons. The molecule has 28 heavy (non-hydrogen) atoms. The molecule has 1 heterocycles. The molecule has 3 aromatic rings. The number of phenols is 1. The summed E-state index contributed by atoms with van der Waals surface area (Å²) in [6.07, 6.45) is 0. The molecule has 0 aliphatic rings. The highest BCUT2D eigenvalue weighted by atomic mass is 16.4. The Balaban J connectivity index is 0.000000203. The molecule has 2 aromatic carbocycles. The van der Waals surface area contributed by atoms with Crippen molar-refractivity contribution in [2.24, 2.45) is 7.05 Å². The Labute approximate surface area is 159 Å². The maximum absolute atomic E-state index is 11.8. The SMILES string of the molecule is Cc1c(N)c(=O)n(-c2ccccc2)n1C.O=C(O)c1ccc(O)c(C(=O)O)c1. The summed E-state index contributed by atoms with van der Waals surface area (Å²) in [4.78, 5) is 32.7. The molecule has 0 saturated carbocycles. The second-order valence-electron chi connectivity index (χ2n) is 5.82. The second kappa shape index (κ2) is 8.12. The van der Waals surface area contributed by atoms with Gasteiger partial charge in [-0.25, -0.2) is 14.3 Å². The number of nitrogens with two attached hydrogens (primary N) is 1. The van der Waals surface area contributed by atoms with E-state index in [1.807, 2.05) is 44.3 Å². The molecule has 9 nitrogen and oxygen atoms in total. The highest BCUT2D eigenvalue weighted by Crippen LogP contribution is 2.18. The van der Waals surface area contributed by atoms with E-state index in [0.29, 0.717) is 5.69 Å². The smallest absolute Gasteiger partial charge is 0.339 e. The first-order chi connectivity index (χ1) is 13.1. The molecule has 0 unspecified atom stereocenters. The van der Waals surface area contributed by atoms with Crippen molar-refractivity contribution in [1.82, 2.24) is 9.36 Å². The predicted octanol–water partition coefficient (Wildman–Crippen LogP) is 1.86. The molecular weight excluding hydrogens is 366 g/mol. The summed E-state index contributed by atoms with van der Waals surface area (Å²) >= 11 is 0. The van der Waals surface area contributed by atoms with Crippen molar-refractivity contribution in [2.75, 3.05) is 5.73 Å². The van der Waals surface area contributed by atoms with Gasteiger partial charge in [-0.1, -0.05) is 18.2 Å². The number of carboxylic acid groups (broad SMARTS) is 2. The molecule has 9 heteroatoms. The van der Waals surface area contributed by atoms with E-state index in [4.69, 9.17) is 21.1 Å². The summed E-state index contributed by atoms with van der Waals surface area (Å²) in [6, 6.07) is 12.5. The topological polar surface area (TPSA) is 148 Å². The van der Waals surface area contributed by atoms with Gasteiger partial charge in [0.2, 0.25) is 0 Å². The van der Waals surface area contributed by atoms with Crippen molar-refractivity contribution in [2.45, 2.75) is 6.92 Å². The molecule has 0 amide bonds. The number of para-hydroxylation sites is 1. The highest BCUT2D eigenvalue weighted by molar-refractivity contribution is 5.95. The van der Waals surface area contributed by atoms with Crippen LogP contribution in [0.4, 0.5) is 5.69 Å². The van der Waals surface area contributed by atoms with Crippen LogP contribution in [0.2, 0.25) is 0 Å². The van der Waals surface area contributed by atoms with Gasteiger partial charge < -0.3 is 21.1 Å². The van der Waals surface area contributed by atoms with E-state index >= 15 is 0 Å². The van der Waals surface area contributed by atoms with Crippen molar-refractivity contribution in [3.63, 3.8) is 0 Å².